The zero-order valence-electron chi connectivity index (χ0n) is 19.4. The van der Waals surface area contributed by atoms with Crippen LogP contribution in [0.4, 0.5) is 20.6 Å². The summed E-state index contributed by atoms with van der Waals surface area (Å²) in [6.45, 7) is 1.94. The number of amides is 2. The molecule has 0 spiro atoms. The molecule has 1 saturated carbocycles. The van der Waals surface area contributed by atoms with Gasteiger partial charge in [-0.1, -0.05) is 50.1 Å². The summed E-state index contributed by atoms with van der Waals surface area (Å²) in [5.74, 6) is 0.00714. The molecule has 1 N–H and O–H groups in total. The molecule has 176 valence electrons. The van der Waals surface area contributed by atoms with E-state index in [0.29, 0.717) is 34.3 Å². The highest BCUT2D eigenvalue weighted by Gasteiger charge is 2.51. The summed E-state index contributed by atoms with van der Waals surface area (Å²) in [6, 6.07) is 11.1. The number of halogens is 1. The molecule has 2 aromatic carbocycles. The lowest BCUT2D eigenvalue weighted by atomic mass is 9.92. The molecule has 34 heavy (non-hydrogen) atoms. The van der Waals surface area contributed by atoms with Gasteiger partial charge in [0.25, 0.3) is 0 Å². The average molecular weight is 462 g/mol. The quantitative estimate of drug-likeness (QED) is 0.482. The number of fused-ring (bicyclic) bond motifs is 3. The van der Waals surface area contributed by atoms with Crippen molar-refractivity contribution in [2.75, 3.05) is 16.9 Å². The third-order valence-electron chi connectivity index (χ3n) is 6.80. The highest BCUT2D eigenvalue weighted by Crippen LogP contribution is 2.49. The summed E-state index contributed by atoms with van der Waals surface area (Å²) in [5.41, 5.74) is -0.232. The van der Waals surface area contributed by atoms with Crippen LogP contribution in [0.3, 0.4) is 0 Å². The van der Waals surface area contributed by atoms with Gasteiger partial charge in [0.15, 0.2) is 5.72 Å². The second-order valence-corrected chi connectivity index (χ2v) is 8.79. The fourth-order valence-electron chi connectivity index (χ4n) is 5.21. The molecule has 1 aliphatic heterocycles. The van der Waals surface area contributed by atoms with E-state index < -0.39 is 17.6 Å². The van der Waals surface area contributed by atoms with E-state index in [1.807, 2.05) is 25.1 Å². The molecule has 2 aliphatic rings. The lowest BCUT2D eigenvalue weighted by Crippen LogP contribution is -2.61. The van der Waals surface area contributed by atoms with Crippen LogP contribution < -0.4 is 14.5 Å². The van der Waals surface area contributed by atoms with E-state index in [9.17, 15) is 9.90 Å². The summed E-state index contributed by atoms with van der Waals surface area (Å²) < 4.78 is 20.6. The summed E-state index contributed by atoms with van der Waals surface area (Å²) >= 11 is 0. The average Bonchev–Trinajstić information content (AvgIpc) is 3.38. The fraction of sp³-hybridized carbons (Fsp3) is 0.333. The van der Waals surface area contributed by atoms with Crippen LogP contribution in [0, 0.1) is 5.82 Å². The van der Waals surface area contributed by atoms with Gasteiger partial charge in [-0.15, -0.1) is 0 Å². The molecule has 0 radical (unpaired) electrons. The van der Waals surface area contributed by atoms with Gasteiger partial charge < -0.3 is 9.84 Å². The van der Waals surface area contributed by atoms with Crippen LogP contribution in [0.1, 0.15) is 44.6 Å². The minimum absolute atomic E-state index is 0.0233. The third-order valence-corrected chi connectivity index (χ3v) is 6.80. The van der Waals surface area contributed by atoms with Gasteiger partial charge in [-0.05, 0) is 43.5 Å². The summed E-state index contributed by atoms with van der Waals surface area (Å²) in [4.78, 5) is 21.8. The third kappa shape index (κ3) is 3.34. The Bertz CT molecular complexity index is 1270. The van der Waals surface area contributed by atoms with E-state index in [1.54, 1.807) is 42.5 Å². The number of nitrogens with zero attached hydrogens (tertiary/aromatic N) is 3. The molecule has 2 amide bonds. The number of ether oxygens (including phenoxy) is 1. The van der Waals surface area contributed by atoms with Crippen molar-refractivity contribution in [2.24, 2.45) is 0 Å². The number of pyridine rings is 1. The molecule has 1 aromatic heterocycles. The van der Waals surface area contributed by atoms with E-state index >= 15 is 4.39 Å². The maximum Gasteiger partial charge on any atom is 0.332 e. The molecule has 6 nitrogen and oxygen atoms in total. The topological polar surface area (TPSA) is 65.9 Å². The molecule has 1 unspecified atom stereocenters. The molecular formula is C27H28FN3O3. The number of benzene rings is 2. The molecule has 2 heterocycles. The van der Waals surface area contributed by atoms with Crippen molar-refractivity contribution in [1.29, 1.82) is 0 Å². The zero-order valence-corrected chi connectivity index (χ0v) is 19.4. The molecule has 0 saturated heterocycles. The van der Waals surface area contributed by atoms with E-state index in [0.717, 1.165) is 25.7 Å². The maximum atomic E-state index is 15.1. The second-order valence-electron chi connectivity index (χ2n) is 8.79. The Kier molecular flexibility index (Phi) is 5.73. The van der Waals surface area contributed by atoms with Gasteiger partial charge in [-0.2, -0.15) is 0 Å². The van der Waals surface area contributed by atoms with Crippen LogP contribution in [0.5, 0.6) is 5.75 Å². The number of para-hydroxylation sites is 2. The van der Waals surface area contributed by atoms with Gasteiger partial charge in [-0.3, -0.25) is 14.8 Å². The van der Waals surface area contributed by atoms with Crippen molar-refractivity contribution in [2.45, 2.75) is 50.8 Å². The van der Waals surface area contributed by atoms with Gasteiger partial charge in [-0.25, -0.2) is 9.18 Å². The Labute approximate surface area is 198 Å². The van der Waals surface area contributed by atoms with Crippen LogP contribution in [-0.4, -0.2) is 29.3 Å². The van der Waals surface area contributed by atoms with Crippen molar-refractivity contribution in [3.63, 3.8) is 0 Å². The van der Waals surface area contributed by atoms with Gasteiger partial charge in [0.1, 0.15) is 17.1 Å². The minimum Gasteiger partial charge on any atom is -0.494 e. The Morgan fingerprint density at radius 1 is 1.21 bits per heavy atom. The van der Waals surface area contributed by atoms with Crippen molar-refractivity contribution in [1.82, 2.24) is 4.98 Å². The molecule has 1 fully saturated rings. The smallest absolute Gasteiger partial charge is 0.332 e. The Morgan fingerprint density at radius 3 is 2.68 bits per heavy atom. The van der Waals surface area contributed by atoms with Crippen LogP contribution in [-0.2, 0) is 5.72 Å². The highest BCUT2D eigenvalue weighted by atomic mass is 19.1. The number of aromatic nitrogens is 1. The fourth-order valence-corrected chi connectivity index (χ4v) is 5.21. The summed E-state index contributed by atoms with van der Waals surface area (Å²) in [6.07, 6.45) is 9.27. The van der Waals surface area contributed by atoms with Gasteiger partial charge in [0.05, 0.1) is 24.0 Å². The standard InChI is InChI=1S/C27H28FN3O3/c1-3-4-16-27(33)20-17-29-24-19(12-9-15-23(24)34-2)25(20)30(18-10-5-6-11-18)26(32)31(27)22-14-8-7-13-21(22)28/h4,7-9,12-18,33H,3,5-6,10-11H2,1-2H3/b16-4+. The lowest BCUT2D eigenvalue weighted by Gasteiger charge is -2.48. The number of anilines is 2. The minimum atomic E-state index is -1.91. The SMILES string of the molecule is CC/C=C/C1(O)c2cnc3c(OC)cccc3c2N(C2CCCC2)C(=O)N1c1ccccc1F. The van der Waals surface area contributed by atoms with Crippen molar-refractivity contribution >= 4 is 28.3 Å². The monoisotopic (exact) mass is 461 g/mol. The normalized spacial score (nSPS) is 21.0. The van der Waals surface area contributed by atoms with E-state index in [-0.39, 0.29) is 11.7 Å². The van der Waals surface area contributed by atoms with E-state index in [4.69, 9.17) is 4.74 Å². The number of methoxy groups -OCH3 is 1. The predicted molar refractivity (Wildman–Crippen MR) is 131 cm³/mol. The van der Waals surface area contributed by atoms with Crippen molar-refractivity contribution < 1.29 is 19.0 Å². The van der Waals surface area contributed by atoms with Crippen LogP contribution in [0.2, 0.25) is 0 Å². The number of hydrogen-bond donors (Lipinski definition) is 1. The van der Waals surface area contributed by atoms with Gasteiger partial charge >= 0.3 is 6.03 Å². The largest absolute Gasteiger partial charge is 0.494 e. The number of carbonyl (C=O) groups excluding carboxylic acids is 1. The molecular weight excluding hydrogens is 433 g/mol. The van der Waals surface area contributed by atoms with Crippen LogP contribution in [0.25, 0.3) is 10.9 Å². The van der Waals surface area contributed by atoms with Gasteiger partial charge in [0.2, 0.25) is 0 Å². The van der Waals surface area contributed by atoms with Crippen LogP contribution >= 0.6 is 0 Å². The Morgan fingerprint density at radius 2 is 1.97 bits per heavy atom. The number of hydrogen-bond acceptors (Lipinski definition) is 4. The van der Waals surface area contributed by atoms with Gasteiger partial charge in [0, 0.05) is 17.6 Å². The molecule has 1 aliphatic carbocycles. The number of urea groups is 1. The molecule has 1 atom stereocenters. The molecule has 3 aromatic rings. The van der Waals surface area contributed by atoms with Crippen molar-refractivity contribution in [3.05, 3.63) is 72.2 Å². The first-order chi connectivity index (χ1) is 16.5. The summed E-state index contributed by atoms with van der Waals surface area (Å²) in [7, 11) is 1.58. The predicted octanol–water partition coefficient (Wildman–Crippen LogP) is 5.88. The zero-order chi connectivity index (χ0) is 23.9. The first kappa shape index (κ1) is 22.3. The first-order valence-electron chi connectivity index (χ1n) is 11.8. The Hall–Kier alpha value is -3.45. The number of allylic oxidation sites excluding steroid dienone is 1. The first-order valence-corrected chi connectivity index (χ1v) is 11.8. The summed E-state index contributed by atoms with van der Waals surface area (Å²) in [5, 5.41) is 12.9. The maximum absolute atomic E-state index is 15.1. The Balaban J connectivity index is 1.86. The number of rotatable bonds is 5. The lowest BCUT2D eigenvalue weighted by molar-refractivity contribution is 0.0865. The van der Waals surface area contributed by atoms with Crippen LogP contribution in [0.15, 0.2) is 60.8 Å². The van der Waals surface area contributed by atoms with E-state index in [2.05, 4.69) is 4.98 Å². The second kappa shape index (κ2) is 8.72. The molecule has 7 heteroatoms. The van der Waals surface area contributed by atoms with Crippen molar-refractivity contribution in [3.8, 4) is 5.75 Å². The van der Waals surface area contributed by atoms with E-state index in [1.165, 1.54) is 17.0 Å². The number of carbonyl (C=O) groups is 1. The molecule has 5 rings (SSSR count). The highest BCUT2D eigenvalue weighted by molar-refractivity contribution is 6.14. The number of aliphatic hydroxyl groups is 1. The molecule has 0 bridgehead atoms.